The van der Waals surface area contributed by atoms with Crippen LogP contribution in [0.15, 0.2) is 84.0 Å². The van der Waals surface area contributed by atoms with Crippen LogP contribution in [-0.2, 0) is 29.7 Å². The minimum Gasteiger partial charge on any atom is -0.352 e. The van der Waals surface area contributed by atoms with E-state index >= 15 is 0 Å². The van der Waals surface area contributed by atoms with Crippen molar-refractivity contribution < 1.29 is 9.59 Å². The molecule has 8 rings (SSSR count). The fourth-order valence-corrected chi connectivity index (χ4v) is 8.01. The third-order valence-electron chi connectivity index (χ3n) is 10.1. The number of nitrogens with zero attached hydrogens (tertiary/aromatic N) is 4. The maximum absolute atomic E-state index is 13.3. The van der Waals surface area contributed by atoms with Crippen molar-refractivity contribution in [2.45, 2.75) is 50.9 Å². The second-order valence-corrected chi connectivity index (χ2v) is 14.5. The Kier molecular flexibility index (Phi) is 9.74. The van der Waals surface area contributed by atoms with Gasteiger partial charge in [0.1, 0.15) is 11.3 Å². The van der Waals surface area contributed by atoms with E-state index in [1.807, 2.05) is 66.2 Å². The summed E-state index contributed by atoms with van der Waals surface area (Å²) in [5, 5.41) is 14.8. The zero-order valence-electron chi connectivity index (χ0n) is 29.1. The lowest BCUT2D eigenvalue weighted by Crippen LogP contribution is -2.36. The zero-order chi connectivity index (χ0) is 36.6. The molecule has 6 aromatic rings. The van der Waals surface area contributed by atoms with Crippen molar-refractivity contribution in [3.63, 3.8) is 0 Å². The van der Waals surface area contributed by atoms with Gasteiger partial charge in [0.05, 0.1) is 15.7 Å². The molecular formula is C40H38Cl2N8O3. The van der Waals surface area contributed by atoms with Crippen molar-refractivity contribution in [2.75, 3.05) is 13.1 Å². The number of benzene rings is 2. The highest BCUT2D eigenvalue weighted by molar-refractivity contribution is 6.39. The Hall–Kier alpha value is -5.07. The van der Waals surface area contributed by atoms with Crippen LogP contribution in [0.2, 0.25) is 10.0 Å². The lowest BCUT2D eigenvalue weighted by Gasteiger charge is -2.14. The van der Waals surface area contributed by atoms with E-state index < -0.39 is 0 Å². The molecule has 53 heavy (non-hydrogen) atoms. The Morgan fingerprint density at radius 3 is 2.08 bits per heavy atom. The van der Waals surface area contributed by atoms with E-state index in [-0.39, 0.29) is 29.5 Å². The van der Waals surface area contributed by atoms with Gasteiger partial charge in [-0.05, 0) is 48.2 Å². The van der Waals surface area contributed by atoms with Crippen LogP contribution in [0.5, 0.6) is 0 Å². The molecule has 4 N–H and O–H groups in total. The highest BCUT2D eigenvalue weighted by atomic mass is 35.5. The number of carbonyl (C=O) groups is 2. The van der Waals surface area contributed by atoms with Gasteiger partial charge in [0.15, 0.2) is 0 Å². The first kappa shape index (κ1) is 35.0. The van der Waals surface area contributed by atoms with Gasteiger partial charge in [0, 0.05) is 110 Å². The number of hydrogen-bond acceptors (Lipinski definition) is 7. The smallest absolute Gasteiger partial charge is 0.262 e. The van der Waals surface area contributed by atoms with Crippen molar-refractivity contribution in [2.24, 2.45) is 7.05 Å². The molecule has 0 radical (unpaired) electrons. The minimum absolute atomic E-state index is 0.0637. The number of pyridine rings is 2. The quantitative estimate of drug-likeness (QED) is 0.135. The Morgan fingerprint density at radius 1 is 0.792 bits per heavy atom. The van der Waals surface area contributed by atoms with Gasteiger partial charge in [-0.15, -0.1) is 0 Å². The van der Waals surface area contributed by atoms with Gasteiger partial charge < -0.3 is 25.8 Å². The van der Waals surface area contributed by atoms with Gasteiger partial charge in [0.25, 0.3) is 5.56 Å². The van der Waals surface area contributed by atoms with Crippen LogP contribution < -0.4 is 26.8 Å². The SMILES string of the molecule is Cn1cc(CNCC2CCC(=O)N2)c2ccc(-c3cccc(-c4cccc(-c5ccn6c(=O)c(CNC[C@@H]7CCC(=O)N7)cnc6c5)c4Cl)c3Cl)nc21. The van der Waals surface area contributed by atoms with E-state index in [4.69, 9.17) is 28.2 Å². The molecule has 2 atom stereocenters. The molecule has 2 aliphatic rings. The second-order valence-electron chi connectivity index (χ2n) is 13.8. The number of rotatable bonds is 11. The minimum atomic E-state index is -0.154. The third kappa shape index (κ3) is 7.05. The van der Waals surface area contributed by atoms with Crippen LogP contribution >= 0.6 is 23.2 Å². The number of amides is 2. The van der Waals surface area contributed by atoms with E-state index in [0.717, 1.165) is 69.5 Å². The molecule has 4 aromatic heterocycles. The first-order chi connectivity index (χ1) is 25.7. The monoisotopic (exact) mass is 748 g/mol. The standard InChI is InChI=1S/C40H38Cl2N8O3/c1-49-22-25(18-44-21-27-9-13-36(52)47-27)29-10-11-33(48-39(29)49)32-7-3-6-31(38(32)42)30-5-2-4-28(37(30)41)23-14-15-50-34(16-23)45-19-24(40(50)53)17-43-20-26-8-12-35(51)46-26/h2-7,10-11,14-16,19,22,26-27,43-44H,8-9,12-13,17-18,20-21H2,1H3,(H,46,51)(H,47,52)/t26-,27?/m0/s1. The Morgan fingerprint density at radius 2 is 1.42 bits per heavy atom. The number of nitrogens with one attached hydrogen (secondary N) is 4. The predicted octanol–water partition coefficient (Wildman–Crippen LogP) is 5.63. The summed E-state index contributed by atoms with van der Waals surface area (Å²) in [7, 11) is 1.98. The Balaban J connectivity index is 1.03. The molecule has 1 unspecified atom stereocenters. The number of aryl methyl sites for hydroxylation is 1. The summed E-state index contributed by atoms with van der Waals surface area (Å²) in [6, 6.07) is 19.7. The highest BCUT2D eigenvalue weighted by Crippen LogP contribution is 2.42. The van der Waals surface area contributed by atoms with Crippen LogP contribution in [-0.4, -0.2) is 55.9 Å². The van der Waals surface area contributed by atoms with Gasteiger partial charge in [-0.3, -0.25) is 18.8 Å². The predicted molar refractivity (Wildman–Crippen MR) is 208 cm³/mol. The topological polar surface area (TPSA) is 134 Å². The van der Waals surface area contributed by atoms with Crippen molar-refractivity contribution in [1.82, 2.24) is 40.2 Å². The second kappa shape index (κ2) is 14.7. The molecule has 270 valence electrons. The number of hydrogen-bond donors (Lipinski definition) is 4. The van der Waals surface area contributed by atoms with Gasteiger partial charge in [-0.2, -0.15) is 0 Å². The van der Waals surface area contributed by atoms with Crippen molar-refractivity contribution >= 4 is 51.7 Å². The maximum atomic E-state index is 13.3. The molecule has 2 aliphatic heterocycles. The van der Waals surface area contributed by atoms with Crippen LogP contribution in [0.3, 0.4) is 0 Å². The summed E-state index contributed by atoms with van der Waals surface area (Å²) in [6.07, 6.45) is 8.18. The fourth-order valence-electron chi connectivity index (χ4n) is 7.35. The summed E-state index contributed by atoms with van der Waals surface area (Å²) in [5.41, 5.74) is 7.55. The summed E-state index contributed by atoms with van der Waals surface area (Å²) in [4.78, 5) is 45.9. The van der Waals surface area contributed by atoms with Crippen LogP contribution in [0.4, 0.5) is 0 Å². The first-order valence-corrected chi connectivity index (χ1v) is 18.5. The number of halogens is 2. The average molecular weight is 750 g/mol. The van der Waals surface area contributed by atoms with Crippen LogP contribution in [0.1, 0.15) is 36.8 Å². The molecule has 6 heterocycles. The Bertz CT molecular complexity index is 2460. The Labute approximate surface area is 315 Å². The van der Waals surface area contributed by atoms with E-state index in [1.54, 1.807) is 12.4 Å². The molecule has 2 saturated heterocycles. The normalized spacial score (nSPS) is 17.2. The zero-order valence-corrected chi connectivity index (χ0v) is 30.6. The number of carbonyl (C=O) groups excluding carboxylic acids is 2. The van der Waals surface area contributed by atoms with Gasteiger partial charge in [-0.25, -0.2) is 9.97 Å². The average Bonchev–Trinajstić information content (AvgIpc) is 3.87. The molecule has 13 heteroatoms. The molecule has 2 fully saturated rings. The van der Waals surface area contributed by atoms with E-state index in [0.29, 0.717) is 53.7 Å². The van der Waals surface area contributed by atoms with Crippen molar-refractivity contribution in [3.8, 4) is 33.5 Å². The molecule has 2 amide bonds. The lowest BCUT2D eigenvalue weighted by molar-refractivity contribution is -0.120. The first-order valence-electron chi connectivity index (χ1n) is 17.8. The number of aromatic nitrogens is 4. The molecule has 0 aliphatic carbocycles. The summed E-state index contributed by atoms with van der Waals surface area (Å²) < 4.78 is 3.55. The van der Waals surface area contributed by atoms with Crippen molar-refractivity contribution in [1.29, 1.82) is 0 Å². The summed E-state index contributed by atoms with van der Waals surface area (Å²) >= 11 is 14.3. The lowest BCUT2D eigenvalue weighted by atomic mass is 9.97. The van der Waals surface area contributed by atoms with Gasteiger partial charge >= 0.3 is 0 Å². The van der Waals surface area contributed by atoms with Gasteiger partial charge in [0.2, 0.25) is 11.8 Å². The molecule has 0 spiro atoms. The fraction of sp³-hybridized carbons (Fsp3) is 0.275. The molecule has 0 bridgehead atoms. The van der Waals surface area contributed by atoms with Crippen molar-refractivity contribution in [3.05, 3.63) is 111 Å². The van der Waals surface area contributed by atoms with E-state index in [2.05, 4.69) is 38.5 Å². The number of fused-ring (bicyclic) bond motifs is 2. The summed E-state index contributed by atoms with van der Waals surface area (Å²) in [6.45, 7) is 2.34. The van der Waals surface area contributed by atoms with Crippen LogP contribution in [0, 0.1) is 0 Å². The molecular weight excluding hydrogens is 711 g/mol. The van der Waals surface area contributed by atoms with E-state index in [9.17, 15) is 14.4 Å². The molecule has 0 saturated carbocycles. The summed E-state index contributed by atoms with van der Waals surface area (Å²) in [5.74, 6) is 0.180. The van der Waals surface area contributed by atoms with Gasteiger partial charge in [-0.1, -0.05) is 59.6 Å². The third-order valence-corrected chi connectivity index (χ3v) is 11.0. The highest BCUT2D eigenvalue weighted by Gasteiger charge is 2.22. The van der Waals surface area contributed by atoms with Crippen LogP contribution in [0.25, 0.3) is 50.2 Å². The largest absolute Gasteiger partial charge is 0.352 e. The van der Waals surface area contributed by atoms with E-state index in [1.165, 1.54) is 4.40 Å². The molecule has 2 aromatic carbocycles. The molecule has 11 nitrogen and oxygen atoms in total. The maximum Gasteiger partial charge on any atom is 0.262 e.